The van der Waals surface area contributed by atoms with Gasteiger partial charge in [0, 0.05) is 13.2 Å². The minimum Gasteiger partial charge on any atom is -0.396 e. The van der Waals surface area contributed by atoms with Gasteiger partial charge in [-0.2, -0.15) is 5.26 Å². The van der Waals surface area contributed by atoms with E-state index in [-0.39, 0.29) is 18.4 Å². The number of nitrogens with one attached hydrogen (secondary N) is 1. The lowest BCUT2D eigenvalue weighted by molar-refractivity contribution is -0.121. The minimum atomic E-state index is -0.790. The summed E-state index contributed by atoms with van der Waals surface area (Å²) in [6.07, 6.45) is 0. The highest BCUT2D eigenvalue weighted by molar-refractivity contribution is 5.86. The second-order valence-corrected chi connectivity index (χ2v) is 4.01. The summed E-state index contributed by atoms with van der Waals surface area (Å²) in [7, 11) is 0. The molecular formula is C13H16N2O2. The van der Waals surface area contributed by atoms with Crippen molar-refractivity contribution in [2.24, 2.45) is 5.92 Å². The first-order chi connectivity index (χ1) is 8.19. The van der Waals surface area contributed by atoms with Gasteiger partial charge in [-0.1, -0.05) is 37.3 Å². The summed E-state index contributed by atoms with van der Waals surface area (Å²) >= 11 is 0. The standard InChI is InChI=1S/C13H16N2O2/c1-10(9-16)8-15-13(17)12(7-14)11-5-3-2-4-6-11/h2-6,10,12,16H,8-9H2,1H3,(H,15,17). The first-order valence-electron chi connectivity index (χ1n) is 5.52. The summed E-state index contributed by atoms with van der Waals surface area (Å²) < 4.78 is 0. The van der Waals surface area contributed by atoms with E-state index in [4.69, 9.17) is 10.4 Å². The molecule has 0 bridgehead atoms. The molecule has 0 fully saturated rings. The Hall–Kier alpha value is -1.86. The van der Waals surface area contributed by atoms with E-state index in [0.717, 1.165) is 0 Å². The van der Waals surface area contributed by atoms with Crippen molar-refractivity contribution in [3.8, 4) is 6.07 Å². The Morgan fingerprint density at radius 3 is 2.65 bits per heavy atom. The van der Waals surface area contributed by atoms with Crippen LogP contribution in [0.15, 0.2) is 30.3 Å². The maximum Gasteiger partial charge on any atom is 0.241 e. The Morgan fingerprint density at radius 2 is 2.12 bits per heavy atom. The van der Waals surface area contributed by atoms with E-state index in [2.05, 4.69) is 5.32 Å². The summed E-state index contributed by atoms with van der Waals surface area (Å²) in [5.41, 5.74) is 0.684. The van der Waals surface area contributed by atoms with Crippen molar-refractivity contribution < 1.29 is 9.90 Å². The zero-order valence-corrected chi connectivity index (χ0v) is 9.76. The van der Waals surface area contributed by atoms with E-state index in [1.807, 2.05) is 19.1 Å². The predicted molar refractivity (Wildman–Crippen MR) is 64.1 cm³/mol. The third-order valence-corrected chi connectivity index (χ3v) is 2.46. The van der Waals surface area contributed by atoms with E-state index in [1.165, 1.54) is 0 Å². The van der Waals surface area contributed by atoms with E-state index >= 15 is 0 Å². The van der Waals surface area contributed by atoms with Crippen LogP contribution in [-0.2, 0) is 4.79 Å². The first kappa shape index (κ1) is 13.2. The Labute approximate surface area is 101 Å². The largest absolute Gasteiger partial charge is 0.396 e. The van der Waals surface area contributed by atoms with Crippen molar-refractivity contribution in [1.29, 1.82) is 5.26 Å². The van der Waals surface area contributed by atoms with Gasteiger partial charge < -0.3 is 10.4 Å². The Bertz CT molecular complexity index is 398. The molecule has 17 heavy (non-hydrogen) atoms. The molecule has 2 atom stereocenters. The monoisotopic (exact) mass is 232 g/mol. The number of hydrogen-bond donors (Lipinski definition) is 2. The number of hydrogen-bond acceptors (Lipinski definition) is 3. The van der Waals surface area contributed by atoms with Crippen molar-refractivity contribution in [3.05, 3.63) is 35.9 Å². The van der Waals surface area contributed by atoms with Gasteiger partial charge in [0.2, 0.25) is 5.91 Å². The molecule has 2 N–H and O–H groups in total. The molecular weight excluding hydrogens is 216 g/mol. The van der Waals surface area contributed by atoms with E-state index < -0.39 is 5.92 Å². The number of amides is 1. The molecule has 0 spiro atoms. The van der Waals surface area contributed by atoms with Gasteiger partial charge in [0.05, 0.1) is 6.07 Å². The minimum absolute atomic E-state index is 0.00549. The van der Waals surface area contributed by atoms with Gasteiger partial charge in [-0.05, 0) is 11.5 Å². The van der Waals surface area contributed by atoms with Crippen molar-refractivity contribution in [2.45, 2.75) is 12.8 Å². The molecule has 1 amide bonds. The average molecular weight is 232 g/mol. The third kappa shape index (κ3) is 3.89. The predicted octanol–water partition coefficient (Wildman–Crippen LogP) is 1.04. The molecule has 1 rings (SSSR count). The lowest BCUT2D eigenvalue weighted by Crippen LogP contribution is -2.33. The molecule has 2 unspecified atom stereocenters. The molecule has 1 aromatic rings. The van der Waals surface area contributed by atoms with Crippen LogP contribution < -0.4 is 5.32 Å². The number of aliphatic hydroxyl groups is 1. The van der Waals surface area contributed by atoms with Gasteiger partial charge in [0.1, 0.15) is 5.92 Å². The highest BCUT2D eigenvalue weighted by atomic mass is 16.3. The molecule has 0 aliphatic heterocycles. The zero-order valence-electron chi connectivity index (χ0n) is 9.76. The van der Waals surface area contributed by atoms with Gasteiger partial charge >= 0.3 is 0 Å². The molecule has 0 heterocycles. The second kappa shape index (κ2) is 6.66. The molecule has 4 heteroatoms. The van der Waals surface area contributed by atoms with Crippen LogP contribution in [0, 0.1) is 17.2 Å². The van der Waals surface area contributed by atoms with Crippen LogP contribution in [0.1, 0.15) is 18.4 Å². The van der Waals surface area contributed by atoms with Crippen LogP contribution >= 0.6 is 0 Å². The van der Waals surface area contributed by atoms with Gasteiger partial charge in [0.15, 0.2) is 0 Å². The molecule has 0 aliphatic carbocycles. The summed E-state index contributed by atoms with van der Waals surface area (Å²) in [6.45, 7) is 2.22. The zero-order chi connectivity index (χ0) is 12.7. The number of carbonyl (C=O) groups is 1. The van der Waals surface area contributed by atoms with Crippen molar-refractivity contribution in [1.82, 2.24) is 5.32 Å². The molecule has 90 valence electrons. The Kier molecular flexibility index (Phi) is 5.18. The third-order valence-electron chi connectivity index (χ3n) is 2.46. The maximum atomic E-state index is 11.8. The van der Waals surface area contributed by atoms with Crippen LogP contribution in [0.4, 0.5) is 0 Å². The Balaban J connectivity index is 2.63. The quantitative estimate of drug-likeness (QED) is 0.796. The maximum absolute atomic E-state index is 11.8. The second-order valence-electron chi connectivity index (χ2n) is 4.01. The van der Waals surface area contributed by atoms with Gasteiger partial charge in [-0.25, -0.2) is 0 Å². The number of aliphatic hydroxyl groups excluding tert-OH is 1. The van der Waals surface area contributed by atoms with Gasteiger partial charge in [0.25, 0.3) is 0 Å². The average Bonchev–Trinajstić information content (AvgIpc) is 2.38. The fraction of sp³-hybridized carbons (Fsp3) is 0.385. The number of rotatable bonds is 5. The highest BCUT2D eigenvalue weighted by Crippen LogP contribution is 2.14. The fourth-order valence-corrected chi connectivity index (χ4v) is 1.37. The summed E-state index contributed by atoms with van der Waals surface area (Å²) in [4.78, 5) is 11.8. The van der Waals surface area contributed by atoms with Crippen molar-refractivity contribution >= 4 is 5.91 Å². The molecule has 0 aromatic heterocycles. The van der Waals surface area contributed by atoms with Crippen molar-refractivity contribution in [3.63, 3.8) is 0 Å². The van der Waals surface area contributed by atoms with Crippen LogP contribution in [0.5, 0.6) is 0 Å². The fourth-order valence-electron chi connectivity index (χ4n) is 1.37. The lowest BCUT2D eigenvalue weighted by Gasteiger charge is -2.13. The van der Waals surface area contributed by atoms with Gasteiger partial charge in [-0.15, -0.1) is 0 Å². The molecule has 0 saturated carbocycles. The smallest absolute Gasteiger partial charge is 0.241 e. The van der Waals surface area contributed by atoms with Crippen LogP contribution in [0.3, 0.4) is 0 Å². The molecule has 0 saturated heterocycles. The lowest BCUT2D eigenvalue weighted by atomic mass is 10.00. The van der Waals surface area contributed by atoms with E-state index in [1.54, 1.807) is 24.3 Å². The van der Waals surface area contributed by atoms with E-state index in [0.29, 0.717) is 12.1 Å². The van der Waals surface area contributed by atoms with Crippen LogP contribution in [0.2, 0.25) is 0 Å². The molecule has 0 radical (unpaired) electrons. The Morgan fingerprint density at radius 1 is 1.47 bits per heavy atom. The van der Waals surface area contributed by atoms with Crippen LogP contribution in [-0.4, -0.2) is 24.2 Å². The molecule has 0 aliphatic rings. The summed E-state index contributed by atoms with van der Waals surface area (Å²) in [5, 5.41) is 20.5. The first-order valence-corrected chi connectivity index (χ1v) is 5.52. The number of carbonyl (C=O) groups excluding carboxylic acids is 1. The van der Waals surface area contributed by atoms with E-state index in [9.17, 15) is 4.79 Å². The SMILES string of the molecule is CC(CO)CNC(=O)C(C#N)c1ccccc1. The summed E-state index contributed by atoms with van der Waals surface area (Å²) in [6, 6.07) is 10.9. The number of nitrogens with zero attached hydrogens (tertiary/aromatic N) is 1. The van der Waals surface area contributed by atoms with Crippen LogP contribution in [0.25, 0.3) is 0 Å². The summed E-state index contributed by atoms with van der Waals surface area (Å²) in [5.74, 6) is -1.12. The molecule has 1 aromatic carbocycles. The highest BCUT2D eigenvalue weighted by Gasteiger charge is 2.19. The van der Waals surface area contributed by atoms with Crippen molar-refractivity contribution in [2.75, 3.05) is 13.2 Å². The van der Waals surface area contributed by atoms with Gasteiger partial charge in [-0.3, -0.25) is 4.79 Å². The molecule has 4 nitrogen and oxygen atoms in total. The normalized spacial score (nSPS) is 13.5. The topological polar surface area (TPSA) is 73.1 Å². The number of benzene rings is 1. The number of nitriles is 1.